The summed E-state index contributed by atoms with van der Waals surface area (Å²) in [5.74, 6) is -1.85. The summed E-state index contributed by atoms with van der Waals surface area (Å²) in [6, 6.07) is 3.61. The summed E-state index contributed by atoms with van der Waals surface area (Å²) < 4.78 is 25.6. The second-order valence-electron chi connectivity index (χ2n) is 4.48. The molecule has 0 fully saturated rings. The molecule has 1 aromatic rings. The summed E-state index contributed by atoms with van der Waals surface area (Å²) >= 11 is 0. The lowest BCUT2D eigenvalue weighted by Crippen LogP contribution is -2.22. The Morgan fingerprint density at radius 1 is 1.11 bits per heavy atom. The number of rotatable bonds is 8. The van der Waals surface area contributed by atoms with Crippen LogP contribution in [0.4, 0.5) is 8.78 Å². The van der Waals surface area contributed by atoms with Crippen LogP contribution in [-0.2, 0) is 11.3 Å². The maximum atomic E-state index is 12.9. The standard InChI is InChI=1S/C14H20F2N2O/c15-12-7-6-11(9-13(12)16)10-18-14(19)5-3-1-2-4-8-17/h6-7,9H,1-5,8,10,17H2,(H,18,19). The van der Waals surface area contributed by atoms with Crippen molar-refractivity contribution in [2.24, 2.45) is 5.73 Å². The summed E-state index contributed by atoms with van der Waals surface area (Å²) in [6.45, 7) is 0.904. The van der Waals surface area contributed by atoms with E-state index in [2.05, 4.69) is 5.32 Å². The van der Waals surface area contributed by atoms with Gasteiger partial charge in [-0.2, -0.15) is 0 Å². The van der Waals surface area contributed by atoms with Crippen molar-refractivity contribution in [3.63, 3.8) is 0 Å². The van der Waals surface area contributed by atoms with Crippen LogP contribution < -0.4 is 11.1 Å². The molecule has 1 amide bonds. The van der Waals surface area contributed by atoms with E-state index < -0.39 is 11.6 Å². The smallest absolute Gasteiger partial charge is 0.220 e. The fourth-order valence-corrected chi connectivity index (χ4v) is 1.72. The predicted octanol–water partition coefficient (Wildman–Crippen LogP) is 2.49. The molecule has 3 N–H and O–H groups in total. The van der Waals surface area contributed by atoms with Gasteiger partial charge in [-0.15, -0.1) is 0 Å². The van der Waals surface area contributed by atoms with E-state index in [0.29, 0.717) is 18.5 Å². The van der Waals surface area contributed by atoms with Gasteiger partial charge in [-0.25, -0.2) is 8.78 Å². The minimum Gasteiger partial charge on any atom is -0.352 e. The molecule has 19 heavy (non-hydrogen) atoms. The zero-order chi connectivity index (χ0) is 14.1. The molecule has 106 valence electrons. The third-order valence-corrected chi connectivity index (χ3v) is 2.83. The van der Waals surface area contributed by atoms with Crippen LogP contribution in [0.3, 0.4) is 0 Å². The van der Waals surface area contributed by atoms with Gasteiger partial charge in [-0.1, -0.05) is 18.9 Å². The lowest BCUT2D eigenvalue weighted by molar-refractivity contribution is -0.121. The highest BCUT2D eigenvalue weighted by Gasteiger charge is 2.04. The lowest BCUT2D eigenvalue weighted by Gasteiger charge is -2.06. The van der Waals surface area contributed by atoms with Crippen LogP contribution in [0.25, 0.3) is 0 Å². The third kappa shape index (κ3) is 6.29. The molecule has 0 atom stereocenters. The Bertz CT molecular complexity index is 410. The number of nitrogens with two attached hydrogens (primary N) is 1. The Labute approximate surface area is 112 Å². The molecule has 0 heterocycles. The first-order chi connectivity index (χ1) is 9.13. The van der Waals surface area contributed by atoms with E-state index >= 15 is 0 Å². The van der Waals surface area contributed by atoms with Gasteiger partial charge >= 0.3 is 0 Å². The maximum absolute atomic E-state index is 12.9. The fourth-order valence-electron chi connectivity index (χ4n) is 1.72. The van der Waals surface area contributed by atoms with Gasteiger partial charge in [-0.3, -0.25) is 4.79 Å². The second-order valence-corrected chi connectivity index (χ2v) is 4.48. The number of amides is 1. The van der Waals surface area contributed by atoms with Crippen molar-refractivity contribution in [2.45, 2.75) is 38.6 Å². The van der Waals surface area contributed by atoms with Crippen LogP contribution in [0.5, 0.6) is 0 Å². The molecule has 1 rings (SSSR count). The highest BCUT2D eigenvalue weighted by Crippen LogP contribution is 2.08. The Balaban J connectivity index is 2.20. The van der Waals surface area contributed by atoms with Crippen LogP contribution in [0, 0.1) is 11.6 Å². The topological polar surface area (TPSA) is 55.1 Å². The Kier molecular flexibility index (Phi) is 7.03. The van der Waals surface area contributed by atoms with Crippen molar-refractivity contribution < 1.29 is 13.6 Å². The number of unbranched alkanes of at least 4 members (excludes halogenated alkanes) is 3. The molecule has 0 aliphatic rings. The molecule has 0 aliphatic carbocycles. The lowest BCUT2D eigenvalue weighted by atomic mass is 10.1. The quantitative estimate of drug-likeness (QED) is 0.713. The molecule has 0 aliphatic heterocycles. The van der Waals surface area contributed by atoms with Gasteiger partial charge in [0, 0.05) is 13.0 Å². The Morgan fingerprint density at radius 3 is 2.53 bits per heavy atom. The summed E-state index contributed by atoms with van der Waals surface area (Å²) in [5, 5.41) is 2.68. The maximum Gasteiger partial charge on any atom is 0.220 e. The summed E-state index contributed by atoms with van der Waals surface area (Å²) in [7, 11) is 0. The highest BCUT2D eigenvalue weighted by molar-refractivity contribution is 5.75. The largest absolute Gasteiger partial charge is 0.352 e. The zero-order valence-corrected chi connectivity index (χ0v) is 10.9. The number of hydrogen-bond acceptors (Lipinski definition) is 2. The van der Waals surface area contributed by atoms with Crippen molar-refractivity contribution >= 4 is 5.91 Å². The molecule has 3 nitrogen and oxygen atoms in total. The van der Waals surface area contributed by atoms with Crippen LogP contribution in [-0.4, -0.2) is 12.5 Å². The number of carbonyl (C=O) groups is 1. The van der Waals surface area contributed by atoms with Crippen LogP contribution in [0.15, 0.2) is 18.2 Å². The molecular weight excluding hydrogens is 250 g/mol. The fraction of sp³-hybridized carbons (Fsp3) is 0.500. The second kappa shape index (κ2) is 8.58. The van der Waals surface area contributed by atoms with Crippen molar-refractivity contribution in [1.82, 2.24) is 5.32 Å². The van der Waals surface area contributed by atoms with E-state index in [1.54, 1.807) is 0 Å². The van der Waals surface area contributed by atoms with E-state index in [-0.39, 0.29) is 12.5 Å². The first-order valence-electron chi connectivity index (χ1n) is 6.54. The zero-order valence-electron chi connectivity index (χ0n) is 10.9. The monoisotopic (exact) mass is 270 g/mol. The summed E-state index contributed by atoms with van der Waals surface area (Å²) in [5.41, 5.74) is 5.92. The van der Waals surface area contributed by atoms with Gasteiger partial charge in [0.05, 0.1) is 0 Å². The van der Waals surface area contributed by atoms with Crippen LogP contribution in [0.1, 0.15) is 37.7 Å². The van der Waals surface area contributed by atoms with Gasteiger partial charge in [0.2, 0.25) is 5.91 Å². The van der Waals surface area contributed by atoms with Crippen molar-refractivity contribution in [3.8, 4) is 0 Å². The Hall–Kier alpha value is -1.49. The molecule has 0 saturated heterocycles. The first-order valence-corrected chi connectivity index (χ1v) is 6.54. The van der Waals surface area contributed by atoms with Gasteiger partial charge in [0.25, 0.3) is 0 Å². The molecule has 0 unspecified atom stereocenters. The van der Waals surface area contributed by atoms with Gasteiger partial charge in [0.1, 0.15) is 0 Å². The van der Waals surface area contributed by atoms with E-state index in [4.69, 9.17) is 5.73 Å². The molecule has 0 aromatic heterocycles. The molecule has 0 spiro atoms. The normalized spacial score (nSPS) is 10.5. The number of carbonyl (C=O) groups excluding carboxylic acids is 1. The number of benzene rings is 1. The van der Waals surface area contributed by atoms with Gasteiger partial charge < -0.3 is 11.1 Å². The van der Waals surface area contributed by atoms with Crippen molar-refractivity contribution in [2.75, 3.05) is 6.54 Å². The third-order valence-electron chi connectivity index (χ3n) is 2.83. The van der Waals surface area contributed by atoms with Gasteiger partial charge in [-0.05, 0) is 37.1 Å². The predicted molar refractivity (Wildman–Crippen MR) is 70.3 cm³/mol. The SMILES string of the molecule is NCCCCCCC(=O)NCc1ccc(F)c(F)c1. The Morgan fingerprint density at radius 2 is 1.84 bits per heavy atom. The molecule has 1 aromatic carbocycles. The number of halogens is 2. The summed E-state index contributed by atoms with van der Waals surface area (Å²) in [4.78, 5) is 11.5. The molecule has 5 heteroatoms. The van der Waals surface area contributed by atoms with Crippen LogP contribution in [0.2, 0.25) is 0 Å². The van der Waals surface area contributed by atoms with Gasteiger partial charge in [0.15, 0.2) is 11.6 Å². The molecular formula is C14H20F2N2O. The molecule has 0 saturated carbocycles. The number of hydrogen-bond donors (Lipinski definition) is 2. The summed E-state index contributed by atoms with van der Waals surface area (Å²) in [6.07, 6.45) is 4.27. The van der Waals surface area contributed by atoms with E-state index in [9.17, 15) is 13.6 Å². The van der Waals surface area contributed by atoms with E-state index in [1.807, 2.05) is 0 Å². The van der Waals surface area contributed by atoms with Crippen LogP contribution >= 0.6 is 0 Å². The van der Waals surface area contributed by atoms with Crippen molar-refractivity contribution in [3.05, 3.63) is 35.4 Å². The minimum atomic E-state index is -0.895. The molecule has 0 bridgehead atoms. The molecule has 0 radical (unpaired) electrons. The highest BCUT2D eigenvalue weighted by atomic mass is 19.2. The minimum absolute atomic E-state index is 0.0718. The first kappa shape index (κ1) is 15.6. The van der Waals surface area contributed by atoms with Crippen molar-refractivity contribution in [1.29, 1.82) is 0 Å². The average Bonchev–Trinajstić information content (AvgIpc) is 2.40. The number of nitrogens with one attached hydrogen (secondary N) is 1. The van der Waals surface area contributed by atoms with E-state index in [1.165, 1.54) is 6.07 Å². The van der Waals surface area contributed by atoms with E-state index in [0.717, 1.165) is 37.8 Å². The average molecular weight is 270 g/mol.